The summed E-state index contributed by atoms with van der Waals surface area (Å²) in [5.41, 5.74) is 11.2. The molecule has 0 bridgehead atoms. The Kier molecular flexibility index (Phi) is 3.36. The molecular weight excluding hydrogens is 232 g/mol. The van der Waals surface area contributed by atoms with Crippen molar-refractivity contribution >= 4 is 0 Å². The molecule has 2 aromatic rings. The Labute approximate surface area is 114 Å². The largest absolute Gasteiger partial charge is 0.326 e. The number of benzene rings is 2. The molecule has 3 rings (SSSR count). The number of fused-ring (bicyclic) bond motifs is 1. The van der Waals surface area contributed by atoms with Gasteiger partial charge < -0.3 is 5.73 Å². The van der Waals surface area contributed by atoms with Crippen LogP contribution >= 0.6 is 0 Å². The Morgan fingerprint density at radius 2 is 1.89 bits per heavy atom. The summed E-state index contributed by atoms with van der Waals surface area (Å²) in [5, 5.41) is 0. The average Bonchev–Trinajstić information content (AvgIpc) is 2.76. The van der Waals surface area contributed by atoms with Crippen LogP contribution in [-0.4, -0.2) is 4.90 Å². The third-order valence-corrected chi connectivity index (χ3v) is 4.05. The Balaban J connectivity index is 1.81. The average molecular weight is 252 g/mol. The molecule has 1 atom stereocenters. The number of rotatable bonds is 3. The SMILES string of the molecule is CC1c2cc(CN)ccc2CN1Cc1ccccc1. The van der Waals surface area contributed by atoms with Gasteiger partial charge in [0.15, 0.2) is 0 Å². The van der Waals surface area contributed by atoms with E-state index in [2.05, 4.69) is 60.4 Å². The van der Waals surface area contributed by atoms with E-state index in [1.165, 1.54) is 22.3 Å². The number of hydrogen-bond donors (Lipinski definition) is 1. The lowest BCUT2D eigenvalue weighted by Crippen LogP contribution is -2.19. The number of nitrogens with two attached hydrogens (primary N) is 1. The van der Waals surface area contributed by atoms with Crippen molar-refractivity contribution in [2.24, 2.45) is 5.73 Å². The lowest BCUT2D eigenvalue weighted by atomic mass is 10.0. The normalized spacial score (nSPS) is 18.5. The molecule has 0 fully saturated rings. The van der Waals surface area contributed by atoms with Gasteiger partial charge in [-0.05, 0) is 29.2 Å². The van der Waals surface area contributed by atoms with Gasteiger partial charge >= 0.3 is 0 Å². The monoisotopic (exact) mass is 252 g/mol. The highest BCUT2D eigenvalue weighted by Gasteiger charge is 2.26. The van der Waals surface area contributed by atoms with Crippen molar-refractivity contribution < 1.29 is 0 Å². The molecule has 0 spiro atoms. The first-order valence-corrected chi connectivity index (χ1v) is 6.87. The van der Waals surface area contributed by atoms with Gasteiger partial charge in [-0.1, -0.05) is 48.5 Å². The minimum Gasteiger partial charge on any atom is -0.326 e. The van der Waals surface area contributed by atoms with Crippen molar-refractivity contribution in [2.75, 3.05) is 0 Å². The van der Waals surface area contributed by atoms with Gasteiger partial charge in [-0.15, -0.1) is 0 Å². The molecule has 0 aromatic heterocycles. The first kappa shape index (κ1) is 12.4. The third-order valence-electron chi connectivity index (χ3n) is 4.05. The molecule has 98 valence electrons. The van der Waals surface area contributed by atoms with Crippen LogP contribution in [-0.2, 0) is 19.6 Å². The topological polar surface area (TPSA) is 29.3 Å². The van der Waals surface area contributed by atoms with Crippen LogP contribution in [0.25, 0.3) is 0 Å². The zero-order chi connectivity index (χ0) is 13.2. The van der Waals surface area contributed by atoms with Crippen LogP contribution in [0.3, 0.4) is 0 Å². The van der Waals surface area contributed by atoms with Gasteiger partial charge in [0, 0.05) is 25.7 Å². The molecule has 19 heavy (non-hydrogen) atoms. The quantitative estimate of drug-likeness (QED) is 0.908. The van der Waals surface area contributed by atoms with Crippen LogP contribution in [0, 0.1) is 0 Å². The van der Waals surface area contributed by atoms with E-state index in [0.29, 0.717) is 12.6 Å². The lowest BCUT2D eigenvalue weighted by Gasteiger charge is -2.21. The molecule has 2 heteroatoms. The van der Waals surface area contributed by atoms with Crippen LogP contribution < -0.4 is 5.73 Å². The second-order valence-corrected chi connectivity index (χ2v) is 5.30. The summed E-state index contributed by atoms with van der Waals surface area (Å²) in [7, 11) is 0. The van der Waals surface area contributed by atoms with Crippen molar-refractivity contribution in [1.82, 2.24) is 4.90 Å². The van der Waals surface area contributed by atoms with Crippen molar-refractivity contribution in [3.63, 3.8) is 0 Å². The predicted octanol–water partition coefficient (Wildman–Crippen LogP) is 3.22. The number of nitrogens with zero attached hydrogens (tertiary/aromatic N) is 1. The van der Waals surface area contributed by atoms with Gasteiger partial charge in [0.25, 0.3) is 0 Å². The molecule has 2 nitrogen and oxygen atoms in total. The summed E-state index contributed by atoms with van der Waals surface area (Å²) >= 11 is 0. The van der Waals surface area contributed by atoms with Crippen LogP contribution in [0.1, 0.15) is 35.2 Å². The minimum atomic E-state index is 0.474. The molecule has 0 aliphatic carbocycles. The second-order valence-electron chi connectivity index (χ2n) is 5.30. The first-order chi connectivity index (χ1) is 9.28. The Hall–Kier alpha value is -1.64. The van der Waals surface area contributed by atoms with E-state index in [9.17, 15) is 0 Å². The fourth-order valence-corrected chi connectivity index (χ4v) is 2.87. The Morgan fingerprint density at radius 1 is 1.11 bits per heavy atom. The van der Waals surface area contributed by atoms with E-state index in [-0.39, 0.29) is 0 Å². The van der Waals surface area contributed by atoms with E-state index >= 15 is 0 Å². The standard InChI is InChI=1S/C17H20N2/c1-13-17-9-15(10-18)7-8-16(17)12-19(13)11-14-5-3-2-4-6-14/h2-9,13H,10-12,18H2,1H3. The maximum Gasteiger partial charge on any atom is 0.0330 e. The summed E-state index contributed by atoms with van der Waals surface area (Å²) in [4.78, 5) is 2.51. The van der Waals surface area contributed by atoms with Crippen molar-refractivity contribution in [1.29, 1.82) is 0 Å². The maximum atomic E-state index is 5.73. The van der Waals surface area contributed by atoms with Crippen LogP contribution in [0.4, 0.5) is 0 Å². The van der Waals surface area contributed by atoms with Crippen LogP contribution in [0.15, 0.2) is 48.5 Å². The van der Waals surface area contributed by atoms with E-state index < -0.39 is 0 Å². The smallest absolute Gasteiger partial charge is 0.0330 e. The molecule has 0 saturated carbocycles. The number of hydrogen-bond acceptors (Lipinski definition) is 2. The maximum absolute atomic E-state index is 5.73. The fraction of sp³-hybridized carbons (Fsp3) is 0.294. The molecule has 1 unspecified atom stereocenters. The molecule has 2 aromatic carbocycles. The lowest BCUT2D eigenvalue weighted by molar-refractivity contribution is 0.220. The van der Waals surface area contributed by atoms with Crippen molar-refractivity contribution in [3.05, 3.63) is 70.8 Å². The zero-order valence-electron chi connectivity index (χ0n) is 11.3. The Bertz CT molecular complexity index is 563. The van der Waals surface area contributed by atoms with Gasteiger partial charge in [0.2, 0.25) is 0 Å². The molecule has 0 radical (unpaired) electrons. The summed E-state index contributed by atoms with van der Waals surface area (Å²) in [6.07, 6.45) is 0. The van der Waals surface area contributed by atoms with E-state index in [4.69, 9.17) is 5.73 Å². The van der Waals surface area contributed by atoms with Gasteiger partial charge in [0.05, 0.1) is 0 Å². The molecule has 1 heterocycles. The van der Waals surface area contributed by atoms with Crippen LogP contribution in [0.5, 0.6) is 0 Å². The van der Waals surface area contributed by atoms with Gasteiger partial charge in [-0.25, -0.2) is 0 Å². The zero-order valence-corrected chi connectivity index (χ0v) is 11.3. The minimum absolute atomic E-state index is 0.474. The summed E-state index contributed by atoms with van der Waals surface area (Å²) in [6, 6.07) is 17.8. The highest BCUT2D eigenvalue weighted by molar-refractivity contribution is 5.37. The van der Waals surface area contributed by atoms with E-state index in [0.717, 1.165) is 13.1 Å². The summed E-state index contributed by atoms with van der Waals surface area (Å²) < 4.78 is 0. The molecule has 0 amide bonds. The van der Waals surface area contributed by atoms with E-state index in [1.807, 2.05) is 0 Å². The molecule has 0 saturated heterocycles. The van der Waals surface area contributed by atoms with E-state index in [1.54, 1.807) is 0 Å². The highest BCUT2D eigenvalue weighted by atomic mass is 15.2. The molecule has 1 aliphatic rings. The van der Waals surface area contributed by atoms with Gasteiger partial charge in [0.1, 0.15) is 0 Å². The first-order valence-electron chi connectivity index (χ1n) is 6.87. The van der Waals surface area contributed by atoms with Crippen molar-refractivity contribution in [2.45, 2.75) is 32.6 Å². The Morgan fingerprint density at radius 3 is 2.63 bits per heavy atom. The van der Waals surface area contributed by atoms with Crippen molar-refractivity contribution in [3.8, 4) is 0 Å². The second kappa shape index (κ2) is 5.16. The third kappa shape index (κ3) is 2.42. The van der Waals surface area contributed by atoms with Gasteiger partial charge in [-0.3, -0.25) is 4.90 Å². The van der Waals surface area contributed by atoms with Gasteiger partial charge in [-0.2, -0.15) is 0 Å². The molecule has 2 N–H and O–H groups in total. The summed E-state index contributed by atoms with van der Waals surface area (Å²) in [5.74, 6) is 0. The molecular formula is C17H20N2. The highest BCUT2D eigenvalue weighted by Crippen LogP contribution is 2.34. The fourth-order valence-electron chi connectivity index (χ4n) is 2.87. The predicted molar refractivity (Wildman–Crippen MR) is 78.4 cm³/mol. The van der Waals surface area contributed by atoms with Crippen LogP contribution in [0.2, 0.25) is 0 Å². The molecule has 1 aliphatic heterocycles. The summed E-state index contributed by atoms with van der Waals surface area (Å²) in [6.45, 7) is 4.96.